The van der Waals surface area contributed by atoms with Crippen LogP contribution in [0, 0.1) is 13.8 Å². The summed E-state index contributed by atoms with van der Waals surface area (Å²) in [4.78, 5) is 10.2. The van der Waals surface area contributed by atoms with Crippen LogP contribution < -0.4 is 10.6 Å². The highest BCUT2D eigenvalue weighted by Gasteiger charge is 2.04. The smallest absolute Gasteiger partial charge is 0.191 e. The normalized spacial score (nSPS) is 11.9. The van der Waals surface area contributed by atoms with Gasteiger partial charge in [-0.2, -0.15) is 0 Å². The van der Waals surface area contributed by atoms with Gasteiger partial charge in [0.2, 0.25) is 0 Å². The summed E-state index contributed by atoms with van der Waals surface area (Å²) in [5.74, 6) is 0.744. The maximum absolute atomic E-state index is 11.0. The highest BCUT2D eigenvalue weighted by atomic mass is 127. The van der Waals surface area contributed by atoms with Gasteiger partial charge in [-0.05, 0) is 20.8 Å². The molecule has 0 fully saturated rings. The number of hydrogen-bond acceptors (Lipinski definition) is 6. The number of rotatable bonds is 9. The fraction of sp³-hybridized carbons (Fsp3) is 0.714. The number of aliphatic imine (C=N–C) groups is 1. The summed E-state index contributed by atoms with van der Waals surface area (Å²) in [6, 6.07) is 0. The number of thiazole rings is 1. The van der Waals surface area contributed by atoms with Gasteiger partial charge in [-0.3, -0.25) is 0 Å². The highest BCUT2D eigenvalue weighted by Crippen LogP contribution is 2.16. The molecule has 2 N–H and O–H groups in total. The molecular formula is C14H27IN4O3S2. The summed E-state index contributed by atoms with van der Waals surface area (Å²) < 4.78 is 27.2. The van der Waals surface area contributed by atoms with Gasteiger partial charge >= 0.3 is 0 Å². The van der Waals surface area contributed by atoms with Gasteiger partial charge in [0.25, 0.3) is 0 Å². The van der Waals surface area contributed by atoms with Gasteiger partial charge in [0.15, 0.2) is 5.96 Å². The van der Waals surface area contributed by atoms with E-state index in [9.17, 15) is 8.42 Å². The molecule has 0 radical (unpaired) electrons. The van der Waals surface area contributed by atoms with Crippen molar-refractivity contribution in [1.29, 1.82) is 0 Å². The topological polar surface area (TPSA) is 92.7 Å². The maximum atomic E-state index is 11.0. The number of nitrogens with one attached hydrogen (secondary N) is 2. The molecular weight excluding hydrogens is 463 g/mol. The van der Waals surface area contributed by atoms with Crippen molar-refractivity contribution in [2.24, 2.45) is 4.99 Å². The number of aromatic nitrogens is 1. The molecule has 10 heteroatoms. The van der Waals surface area contributed by atoms with Crippen LogP contribution in [-0.2, 0) is 21.1 Å². The van der Waals surface area contributed by atoms with Crippen molar-refractivity contribution in [2.45, 2.75) is 27.3 Å². The monoisotopic (exact) mass is 490 g/mol. The summed E-state index contributed by atoms with van der Waals surface area (Å²) in [5, 5.41) is 7.29. The number of nitrogens with zero attached hydrogens (tertiary/aromatic N) is 2. The van der Waals surface area contributed by atoms with Crippen molar-refractivity contribution in [3.05, 3.63) is 15.6 Å². The Bertz CT molecular complexity index is 598. The average Bonchev–Trinajstić information content (AvgIpc) is 2.77. The number of ether oxygens (including phenoxy) is 1. The van der Waals surface area contributed by atoms with Crippen molar-refractivity contribution in [2.75, 3.05) is 38.3 Å². The van der Waals surface area contributed by atoms with Gasteiger partial charge in [-0.1, -0.05) is 0 Å². The number of sulfone groups is 1. The molecule has 0 aromatic carbocycles. The predicted octanol–water partition coefficient (Wildman–Crippen LogP) is 1.49. The van der Waals surface area contributed by atoms with Crippen molar-refractivity contribution in [3.8, 4) is 0 Å². The van der Waals surface area contributed by atoms with E-state index < -0.39 is 9.84 Å². The molecule has 7 nitrogen and oxygen atoms in total. The van der Waals surface area contributed by atoms with Crippen LogP contribution in [-0.4, -0.2) is 57.7 Å². The molecule has 1 aromatic rings. The highest BCUT2D eigenvalue weighted by molar-refractivity contribution is 14.0. The Hall–Kier alpha value is -0.460. The molecule has 1 heterocycles. The lowest BCUT2D eigenvalue weighted by Crippen LogP contribution is -2.39. The Morgan fingerprint density at radius 1 is 1.29 bits per heavy atom. The molecule has 0 spiro atoms. The first-order chi connectivity index (χ1) is 10.8. The van der Waals surface area contributed by atoms with E-state index in [2.05, 4.69) is 27.5 Å². The van der Waals surface area contributed by atoms with Gasteiger partial charge in [0, 0.05) is 24.2 Å². The second-order valence-electron chi connectivity index (χ2n) is 5.11. The van der Waals surface area contributed by atoms with Crippen molar-refractivity contribution < 1.29 is 13.2 Å². The predicted molar refractivity (Wildman–Crippen MR) is 110 cm³/mol. The zero-order valence-electron chi connectivity index (χ0n) is 14.6. The molecule has 0 atom stereocenters. The van der Waals surface area contributed by atoms with E-state index >= 15 is 0 Å². The molecule has 1 aromatic heterocycles. The minimum Gasteiger partial charge on any atom is -0.379 e. The molecule has 0 unspecified atom stereocenters. The van der Waals surface area contributed by atoms with Crippen molar-refractivity contribution in [3.63, 3.8) is 0 Å². The van der Waals surface area contributed by atoms with Gasteiger partial charge in [-0.15, -0.1) is 35.3 Å². The molecule has 24 heavy (non-hydrogen) atoms. The van der Waals surface area contributed by atoms with E-state index in [1.165, 1.54) is 11.1 Å². The Balaban J connectivity index is 0.00000529. The molecule has 1 rings (SSSR count). The fourth-order valence-corrected chi connectivity index (χ4v) is 2.93. The minimum atomic E-state index is -2.96. The standard InChI is InChI=1S/C14H26N4O3S2.HI/c1-5-15-14(16-6-7-21-8-9-23(4,19)20)17-10-13-18-11(2)12(3)22-13;/h5-10H2,1-4H3,(H2,15,16,17);1H. The Kier molecular flexibility index (Phi) is 11.8. The lowest BCUT2D eigenvalue weighted by molar-refractivity contribution is 0.154. The molecule has 0 aliphatic rings. The molecule has 0 saturated heterocycles. The number of aryl methyl sites for hydroxylation is 2. The average molecular weight is 490 g/mol. The Morgan fingerprint density at radius 3 is 2.54 bits per heavy atom. The summed E-state index contributed by atoms with van der Waals surface area (Å²) in [5.41, 5.74) is 1.05. The van der Waals surface area contributed by atoms with Gasteiger partial charge in [0.05, 0.1) is 31.2 Å². The third-order valence-electron chi connectivity index (χ3n) is 2.93. The third kappa shape index (κ3) is 10.4. The van der Waals surface area contributed by atoms with Crippen LogP contribution in [0.15, 0.2) is 4.99 Å². The lowest BCUT2D eigenvalue weighted by Gasteiger charge is -2.11. The first-order valence-corrected chi connectivity index (χ1v) is 10.4. The third-order valence-corrected chi connectivity index (χ3v) is 4.89. The summed E-state index contributed by atoms with van der Waals surface area (Å²) in [6.07, 6.45) is 1.20. The van der Waals surface area contributed by atoms with Crippen LogP contribution in [0.5, 0.6) is 0 Å². The zero-order valence-corrected chi connectivity index (χ0v) is 18.5. The van der Waals surface area contributed by atoms with E-state index in [1.807, 2.05) is 13.8 Å². The van der Waals surface area contributed by atoms with Gasteiger partial charge < -0.3 is 15.4 Å². The van der Waals surface area contributed by atoms with E-state index in [4.69, 9.17) is 4.74 Å². The molecule has 0 aliphatic carbocycles. The van der Waals surface area contributed by atoms with E-state index in [-0.39, 0.29) is 36.3 Å². The van der Waals surface area contributed by atoms with E-state index in [1.54, 1.807) is 11.3 Å². The fourth-order valence-electron chi connectivity index (χ4n) is 1.65. The quantitative estimate of drug-likeness (QED) is 0.236. The van der Waals surface area contributed by atoms with Gasteiger partial charge in [-0.25, -0.2) is 18.4 Å². The van der Waals surface area contributed by atoms with Crippen LogP contribution in [0.2, 0.25) is 0 Å². The van der Waals surface area contributed by atoms with Crippen LogP contribution in [0.1, 0.15) is 22.5 Å². The molecule has 0 aliphatic heterocycles. The molecule has 0 saturated carbocycles. The van der Waals surface area contributed by atoms with Crippen molar-refractivity contribution >= 4 is 51.1 Å². The maximum Gasteiger partial charge on any atom is 0.191 e. The molecule has 140 valence electrons. The van der Waals surface area contributed by atoms with E-state index in [0.29, 0.717) is 25.7 Å². The number of guanidine groups is 1. The summed E-state index contributed by atoms with van der Waals surface area (Å²) in [7, 11) is -2.96. The minimum absolute atomic E-state index is 0. The lowest BCUT2D eigenvalue weighted by atomic mass is 10.4. The molecule has 0 bridgehead atoms. The summed E-state index contributed by atoms with van der Waals surface area (Å²) >= 11 is 1.66. The van der Waals surface area contributed by atoms with Crippen LogP contribution in [0.25, 0.3) is 0 Å². The van der Waals surface area contributed by atoms with Crippen LogP contribution >= 0.6 is 35.3 Å². The molecule has 0 amide bonds. The largest absolute Gasteiger partial charge is 0.379 e. The van der Waals surface area contributed by atoms with Crippen LogP contribution in [0.3, 0.4) is 0 Å². The number of hydrogen-bond donors (Lipinski definition) is 2. The Labute approximate surface area is 165 Å². The summed E-state index contributed by atoms with van der Waals surface area (Å²) in [6.45, 7) is 8.54. The first-order valence-electron chi connectivity index (χ1n) is 7.52. The number of halogens is 1. The van der Waals surface area contributed by atoms with Crippen molar-refractivity contribution in [1.82, 2.24) is 15.6 Å². The SMILES string of the molecule is CCNC(=NCc1nc(C)c(C)s1)NCCOCCS(C)(=O)=O.I. The van der Waals surface area contributed by atoms with E-state index in [0.717, 1.165) is 17.2 Å². The zero-order chi connectivity index (χ0) is 17.3. The van der Waals surface area contributed by atoms with Gasteiger partial charge in [0.1, 0.15) is 14.8 Å². The Morgan fingerprint density at radius 2 is 2.00 bits per heavy atom. The second kappa shape index (κ2) is 12.0. The first kappa shape index (κ1) is 23.5. The second-order valence-corrected chi connectivity index (χ2v) is 8.66. The van der Waals surface area contributed by atoms with Crippen LogP contribution in [0.4, 0.5) is 0 Å².